The Morgan fingerprint density at radius 3 is 2.64 bits per heavy atom. The van der Waals surface area contributed by atoms with E-state index >= 15 is 0 Å². The fraction of sp³-hybridized carbons (Fsp3) is 0.158. The summed E-state index contributed by atoms with van der Waals surface area (Å²) >= 11 is 3.46. The maximum atomic E-state index is 11.6. The maximum Gasteiger partial charge on any atom is 0.261 e. The van der Waals surface area contributed by atoms with Gasteiger partial charge in [0.1, 0.15) is 18.2 Å². The van der Waals surface area contributed by atoms with Crippen LogP contribution in [0.15, 0.2) is 52.5 Å². The Hall–Kier alpha value is -2.78. The number of nitrogens with zero attached hydrogens (tertiary/aromatic N) is 1. The molecular weight excluding hydrogens is 384 g/mol. The summed E-state index contributed by atoms with van der Waals surface area (Å²) in [5, 5.41) is 11.5. The van der Waals surface area contributed by atoms with Gasteiger partial charge in [0.05, 0.1) is 11.6 Å². The molecule has 128 valence electrons. The third-order valence-electron chi connectivity index (χ3n) is 3.38. The molecule has 0 unspecified atom stereocenters. The second-order valence-electron chi connectivity index (χ2n) is 5.06. The molecule has 0 saturated carbocycles. The summed E-state index contributed by atoms with van der Waals surface area (Å²) in [7, 11) is 3.01. The van der Waals surface area contributed by atoms with Crippen molar-refractivity contribution >= 4 is 27.9 Å². The standard InChI is InChI=1S/C19H17BrN2O3/c1-22-19(23)15(11-21)8-14-9-16(20)18(17(10-14)24-2)25-12-13-6-4-3-5-7-13/h3-10H,12H2,1-2H3,(H,22,23)/b15-8-. The Kier molecular flexibility index (Phi) is 6.61. The van der Waals surface area contributed by atoms with Crippen LogP contribution in [0.4, 0.5) is 0 Å². The zero-order valence-corrected chi connectivity index (χ0v) is 15.5. The molecule has 0 heterocycles. The third-order valence-corrected chi connectivity index (χ3v) is 3.97. The van der Waals surface area contributed by atoms with Gasteiger partial charge >= 0.3 is 0 Å². The molecule has 0 aliphatic rings. The van der Waals surface area contributed by atoms with Crippen molar-refractivity contribution in [1.82, 2.24) is 5.32 Å². The van der Waals surface area contributed by atoms with Crippen molar-refractivity contribution in [3.05, 3.63) is 63.6 Å². The zero-order chi connectivity index (χ0) is 18.2. The van der Waals surface area contributed by atoms with Crippen molar-refractivity contribution in [3.8, 4) is 17.6 Å². The molecule has 0 aliphatic heterocycles. The Morgan fingerprint density at radius 1 is 1.32 bits per heavy atom. The average molecular weight is 401 g/mol. The van der Waals surface area contributed by atoms with Gasteiger partial charge in [-0.2, -0.15) is 5.26 Å². The van der Waals surface area contributed by atoms with Crippen molar-refractivity contribution in [2.75, 3.05) is 14.2 Å². The summed E-state index contributed by atoms with van der Waals surface area (Å²) in [6.45, 7) is 0.396. The van der Waals surface area contributed by atoms with Crippen LogP contribution in [-0.4, -0.2) is 20.1 Å². The highest BCUT2D eigenvalue weighted by Crippen LogP contribution is 2.37. The molecule has 25 heavy (non-hydrogen) atoms. The lowest BCUT2D eigenvalue weighted by Gasteiger charge is -2.14. The van der Waals surface area contributed by atoms with Gasteiger partial charge in [-0.3, -0.25) is 4.79 Å². The Bertz CT molecular complexity index is 827. The molecular formula is C19H17BrN2O3. The van der Waals surface area contributed by atoms with Gasteiger partial charge < -0.3 is 14.8 Å². The number of amides is 1. The second kappa shape index (κ2) is 8.90. The molecule has 0 aromatic heterocycles. The van der Waals surface area contributed by atoms with Gasteiger partial charge in [0.15, 0.2) is 11.5 Å². The topological polar surface area (TPSA) is 71.4 Å². The molecule has 0 saturated heterocycles. The highest BCUT2D eigenvalue weighted by molar-refractivity contribution is 9.10. The Balaban J connectivity index is 2.30. The lowest BCUT2D eigenvalue weighted by Crippen LogP contribution is -2.19. The first-order chi connectivity index (χ1) is 12.1. The van der Waals surface area contributed by atoms with Crippen LogP contribution < -0.4 is 14.8 Å². The molecule has 0 bridgehead atoms. The van der Waals surface area contributed by atoms with Gasteiger partial charge in [-0.1, -0.05) is 30.3 Å². The minimum atomic E-state index is -0.443. The average Bonchev–Trinajstić information content (AvgIpc) is 2.65. The SMILES string of the molecule is CNC(=O)/C(C#N)=C\c1cc(Br)c(OCc2ccccc2)c(OC)c1. The zero-order valence-electron chi connectivity index (χ0n) is 13.9. The molecule has 2 rings (SSSR count). The smallest absolute Gasteiger partial charge is 0.261 e. The number of likely N-dealkylation sites (N-methyl/N-ethyl adjacent to an activating group) is 1. The van der Waals surface area contributed by atoms with Crippen LogP contribution in [0.1, 0.15) is 11.1 Å². The number of nitrogens with one attached hydrogen (secondary N) is 1. The second-order valence-corrected chi connectivity index (χ2v) is 5.91. The van der Waals surface area contributed by atoms with Crippen LogP contribution in [0, 0.1) is 11.3 Å². The third kappa shape index (κ3) is 4.85. The molecule has 0 spiro atoms. The molecule has 2 aromatic rings. The molecule has 6 heteroatoms. The summed E-state index contributed by atoms with van der Waals surface area (Å²) in [5.74, 6) is 0.620. The van der Waals surface area contributed by atoms with Crippen molar-refractivity contribution in [2.24, 2.45) is 0 Å². The number of carbonyl (C=O) groups is 1. The van der Waals surface area contributed by atoms with Crippen LogP contribution in [-0.2, 0) is 11.4 Å². The number of rotatable bonds is 6. The van der Waals surface area contributed by atoms with E-state index in [0.717, 1.165) is 5.56 Å². The summed E-state index contributed by atoms with van der Waals surface area (Å²) in [6, 6.07) is 15.1. The number of carbonyl (C=O) groups excluding carboxylic acids is 1. The minimum absolute atomic E-state index is 0.00871. The van der Waals surface area contributed by atoms with E-state index in [9.17, 15) is 4.79 Å². The fourth-order valence-electron chi connectivity index (χ4n) is 2.14. The van der Waals surface area contributed by atoms with Crippen LogP contribution in [0.5, 0.6) is 11.5 Å². The van der Waals surface area contributed by atoms with E-state index in [1.807, 2.05) is 36.4 Å². The van der Waals surface area contributed by atoms with Gasteiger partial charge in [-0.05, 0) is 45.3 Å². The number of nitriles is 1. The van der Waals surface area contributed by atoms with E-state index in [2.05, 4.69) is 21.2 Å². The molecule has 1 amide bonds. The van der Waals surface area contributed by atoms with Crippen molar-refractivity contribution in [2.45, 2.75) is 6.61 Å². The van der Waals surface area contributed by atoms with E-state index < -0.39 is 5.91 Å². The van der Waals surface area contributed by atoms with Crippen LogP contribution in [0.25, 0.3) is 6.08 Å². The van der Waals surface area contributed by atoms with Crippen molar-refractivity contribution in [3.63, 3.8) is 0 Å². The molecule has 0 radical (unpaired) electrons. The Morgan fingerprint density at radius 2 is 2.04 bits per heavy atom. The van der Waals surface area contributed by atoms with E-state index in [0.29, 0.717) is 28.1 Å². The predicted molar refractivity (Wildman–Crippen MR) is 99.1 cm³/mol. The number of ether oxygens (including phenoxy) is 2. The first kappa shape index (κ1) is 18.6. The van der Waals surface area contributed by atoms with E-state index in [4.69, 9.17) is 14.7 Å². The van der Waals surface area contributed by atoms with Gasteiger partial charge in [-0.15, -0.1) is 0 Å². The summed E-state index contributed by atoms with van der Waals surface area (Å²) < 4.78 is 11.9. The Labute approximate surface area is 155 Å². The largest absolute Gasteiger partial charge is 0.493 e. The number of hydrogen-bond donors (Lipinski definition) is 1. The van der Waals surface area contributed by atoms with Crippen LogP contribution in [0.2, 0.25) is 0 Å². The van der Waals surface area contributed by atoms with Crippen molar-refractivity contribution < 1.29 is 14.3 Å². The van der Waals surface area contributed by atoms with Crippen molar-refractivity contribution in [1.29, 1.82) is 5.26 Å². The molecule has 0 aliphatic carbocycles. The van der Waals surface area contributed by atoms with Crippen LogP contribution >= 0.6 is 15.9 Å². The van der Waals surface area contributed by atoms with E-state index in [1.165, 1.54) is 20.2 Å². The first-order valence-electron chi connectivity index (χ1n) is 7.47. The van der Waals surface area contributed by atoms with E-state index in [-0.39, 0.29) is 5.57 Å². The number of hydrogen-bond acceptors (Lipinski definition) is 4. The van der Waals surface area contributed by atoms with E-state index in [1.54, 1.807) is 12.1 Å². The van der Waals surface area contributed by atoms with Gasteiger partial charge in [0, 0.05) is 7.05 Å². The van der Waals surface area contributed by atoms with Crippen LogP contribution in [0.3, 0.4) is 0 Å². The molecule has 5 nitrogen and oxygen atoms in total. The predicted octanol–water partition coefficient (Wildman–Crippen LogP) is 3.69. The molecule has 2 aromatic carbocycles. The number of methoxy groups -OCH3 is 1. The molecule has 0 fully saturated rings. The lowest BCUT2D eigenvalue weighted by molar-refractivity contribution is -0.116. The molecule has 1 N–H and O–H groups in total. The normalized spacial score (nSPS) is 10.7. The van der Waals surface area contributed by atoms with Gasteiger partial charge in [0.25, 0.3) is 5.91 Å². The summed E-state index contributed by atoms with van der Waals surface area (Å²) in [6.07, 6.45) is 1.49. The quantitative estimate of drug-likeness (QED) is 0.592. The number of benzene rings is 2. The van der Waals surface area contributed by atoms with Gasteiger partial charge in [0.2, 0.25) is 0 Å². The summed E-state index contributed by atoms with van der Waals surface area (Å²) in [5.41, 5.74) is 1.69. The minimum Gasteiger partial charge on any atom is -0.493 e. The highest BCUT2D eigenvalue weighted by atomic mass is 79.9. The van der Waals surface area contributed by atoms with Gasteiger partial charge in [-0.25, -0.2) is 0 Å². The number of halogens is 1. The fourth-order valence-corrected chi connectivity index (χ4v) is 2.72. The highest BCUT2D eigenvalue weighted by Gasteiger charge is 2.13. The first-order valence-corrected chi connectivity index (χ1v) is 8.26. The lowest BCUT2D eigenvalue weighted by atomic mass is 10.1. The monoisotopic (exact) mass is 400 g/mol. The summed E-state index contributed by atoms with van der Waals surface area (Å²) in [4.78, 5) is 11.6. The molecule has 0 atom stereocenters. The maximum absolute atomic E-state index is 11.6.